The number of benzene rings is 5. The largest absolute Gasteiger partial charge is 0.444 e. The molecule has 5 aromatic rings. The number of alkyl carbamates (subject to hydrolysis) is 4. The molecule has 6 N–H and O–H groups in total. The van der Waals surface area contributed by atoms with Crippen molar-refractivity contribution in [2.75, 3.05) is 19.6 Å². The number of rotatable bonds is 15. The zero-order chi connectivity index (χ0) is 61.6. The Morgan fingerprint density at radius 3 is 1.44 bits per heavy atom. The topological polar surface area (TPSA) is 286 Å². The molecule has 2 saturated heterocycles. The SMILES string of the molecule is CC(C)(C)OC(=O)NC1CCN(C(=NC(=O)OCc2ccccc2)NC(=O)OCc2ccccc2)C([C@@H]2CN(C(=NC(=O)OCc3ccccc3)NC(=O)OCc3ccccc3)CCC2NC(=O)[C@@H](NC(=O)OC(C)(C)C)[C@H](O)c2ccccc2)C1. The summed E-state index contributed by atoms with van der Waals surface area (Å²) in [6, 6.07) is 39.5. The molecule has 0 aliphatic carbocycles. The number of aliphatic hydroxyl groups is 1. The molecule has 0 bridgehead atoms. The maximum Gasteiger partial charge on any atom is 0.437 e. The highest BCUT2D eigenvalue weighted by Gasteiger charge is 2.46. The van der Waals surface area contributed by atoms with Crippen molar-refractivity contribution in [2.45, 2.75) is 129 Å². The first kappa shape index (κ1) is 64.1. The molecule has 2 aliphatic rings. The van der Waals surface area contributed by atoms with Crippen molar-refractivity contribution in [1.82, 2.24) is 36.4 Å². The number of amides is 7. The number of aliphatic hydroxyl groups excluding tert-OH is 1. The standard InChI is InChI=1S/C63H75N9O14/c1-62(2,3)85-60(79)64-47-32-35-72(55(69-58(77)83-40-44-26-16-9-17-27-44)70-59(78)84-41-45-28-18-10-19-29-45)50(36-47)48-37-71(34-33-49(48)65-53(74)51(66-61(80)86-63(4,5)6)52(73)46-30-20-11-21-31-46)54(67-56(75)81-38-42-22-12-7-13-23-42)68-57(76)82-39-43-24-14-8-15-25-43/h7-31,47-52,73H,32-41H2,1-6H3,(H,64,79)(H,65,74)(H,66,80)(H,67,68,75,76)(H,69,70,77,78)/t47?,48-,49?,50?,51+,52-/m1/s1. The second-order valence-corrected chi connectivity index (χ2v) is 22.4. The Morgan fingerprint density at radius 2 is 0.965 bits per heavy atom. The van der Waals surface area contributed by atoms with Crippen molar-refractivity contribution in [3.05, 3.63) is 179 Å². The van der Waals surface area contributed by atoms with Gasteiger partial charge in [-0.25, -0.2) is 28.8 Å². The number of guanidine groups is 2. The zero-order valence-corrected chi connectivity index (χ0v) is 49.0. The van der Waals surface area contributed by atoms with Gasteiger partial charge in [0.2, 0.25) is 17.8 Å². The lowest BCUT2D eigenvalue weighted by Gasteiger charge is -2.50. The Hall–Kier alpha value is -9.51. The minimum absolute atomic E-state index is 0.00244. The molecule has 0 aromatic heterocycles. The van der Waals surface area contributed by atoms with Crippen molar-refractivity contribution in [2.24, 2.45) is 15.9 Å². The van der Waals surface area contributed by atoms with Crippen LogP contribution in [0.1, 0.15) is 94.7 Å². The summed E-state index contributed by atoms with van der Waals surface area (Å²) < 4.78 is 33.8. The van der Waals surface area contributed by atoms with Crippen molar-refractivity contribution >= 4 is 54.4 Å². The summed E-state index contributed by atoms with van der Waals surface area (Å²) >= 11 is 0. The van der Waals surface area contributed by atoms with E-state index in [1.807, 2.05) is 18.2 Å². The highest BCUT2D eigenvalue weighted by Crippen LogP contribution is 2.32. The molecular weight excluding hydrogens is 1110 g/mol. The van der Waals surface area contributed by atoms with Crippen LogP contribution in [0.15, 0.2) is 162 Å². The number of carbonyl (C=O) groups excluding carboxylic acids is 7. The predicted molar refractivity (Wildman–Crippen MR) is 317 cm³/mol. The number of piperidine rings is 2. The Bertz CT molecular complexity index is 3110. The van der Waals surface area contributed by atoms with E-state index in [2.05, 4.69) is 36.6 Å². The summed E-state index contributed by atoms with van der Waals surface area (Å²) in [5, 5.41) is 25.9. The van der Waals surface area contributed by atoms with Crippen LogP contribution in [-0.4, -0.2) is 124 Å². The molecule has 2 heterocycles. The normalized spacial score (nSPS) is 17.9. The van der Waals surface area contributed by atoms with Crippen molar-refractivity contribution in [1.29, 1.82) is 0 Å². The van der Waals surface area contributed by atoms with E-state index in [0.717, 1.165) is 0 Å². The molecule has 2 fully saturated rings. The second-order valence-electron chi connectivity index (χ2n) is 22.4. The molecule has 23 heteroatoms. The number of nitrogens with one attached hydrogen (secondary N) is 5. The van der Waals surface area contributed by atoms with Crippen LogP contribution >= 0.6 is 0 Å². The number of aliphatic imine (C=N–C) groups is 2. The maximum atomic E-state index is 15.1. The lowest BCUT2D eigenvalue weighted by Crippen LogP contribution is -2.66. The lowest BCUT2D eigenvalue weighted by molar-refractivity contribution is -0.127. The number of likely N-dealkylation sites (tertiary alicyclic amines) is 2. The fourth-order valence-corrected chi connectivity index (χ4v) is 9.57. The van der Waals surface area contributed by atoms with Crippen molar-refractivity contribution in [3.63, 3.8) is 0 Å². The fraction of sp³-hybridized carbons (Fsp3) is 0.381. The molecule has 7 amide bonds. The molecule has 2 aliphatic heterocycles. The molecule has 23 nitrogen and oxygen atoms in total. The summed E-state index contributed by atoms with van der Waals surface area (Å²) in [6.07, 6.45) is -7.31. The molecule has 0 saturated carbocycles. The molecular formula is C63H75N9O14. The minimum Gasteiger partial charge on any atom is -0.444 e. The number of hydrogen-bond acceptors (Lipinski definition) is 14. The number of nitrogens with zero attached hydrogens (tertiary/aromatic N) is 4. The minimum atomic E-state index is -1.66. The molecule has 86 heavy (non-hydrogen) atoms. The van der Waals surface area contributed by atoms with Crippen LogP contribution in [0.3, 0.4) is 0 Å². The van der Waals surface area contributed by atoms with Crippen LogP contribution in [0.5, 0.6) is 0 Å². The van der Waals surface area contributed by atoms with Gasteiger partial charge in [0, 0.05) is 43.7 Å². The van der Waals surface area contributed by atoms with Gasteiger partial charge in [-0.15, -0.1) is 9.98 Å². The van der Waals surface area contributed by atoms with Crippen LogP contribution in [0.25, 0.3) is 0 Å². The van der Waals surface area contributed by atoms with Gasteiger partial charge in [0.15, 0.2) is 0 Å². The molecule has 3 unspecified atom stereocenters. The van der Waals surface area contributed by atoms with Gasteiger partial charge in [-0.2, -0.15) is 0 Å². The predicted octanol–water partition coefficient (Wildman–Crippen LogP) is 9.02. The summed E-state index contributed by atoms with van der Waals surface area (Å²) in [7, 11) is 0. The number of ether oxygens (including phenoxy) is 6. The summed E-state index contributed by atoms with van der Waals surface area (Å²) in [5.41, 5.74) is 1.03. The number of hydrogen-bond donors (Lipinski definition) is 6. The van der Waals surface area contributed by atoms with E-state index in [-0.39, 0.29) is 77.2 Å². The molecule has 7 rings (SSSR count). The van der Waals surface area contributed by atoms with Gasteiger partial charge in [-0.1, -0.05) is 152 Å². The summed E-state index contributed by atoms with van der Waals surface area (Å²) in [5.74, 6) is -2.42. The first-order chi connectivity index (χ1) is 41.1. The van der Waals surface area contributed by atoms with Gasteiger partial charge in [-0.05, 0) is 88.6 Å². The molecule has 5 aromatic carbocycles. The van der Waals surface area contributed by atoms with E-state index in [0.29, 0.717) is 27.8 Å². The van der Waals surface area contributed by atoms with E-state index in [9.17, 15) is 33.9 Å². The number of carbonyl (C=O) groups is 7. The Labute approximate surface area is 499 Å². The molecule has 0 radical (unpaired) electrons. The fourth-order valence-electron chi connectivity index (χ4n) is 9.57. The highest BCUT2D eigenvalue weighted by molar-refractivity contribution is 6.00. The molecule has 456 valence electrons. The van der Waals surface area contributed by atoms with Crippen molar-refractivity contribution in [3.8, 4) is 0 Å². The zero-order valence-electron chi connectivity index (χ0n) is 49.0. The first-order valence-corrected chi connectivity index (χ1v) is 28.2. The van der Waals surface area contributed by atoms with Crippen LogP contribution in [-0.2, 0) is 59.6 Å². The third-order valence-corrected chi connectivity index (χ3v) is 13.5. The monoisotopic (exact) mass is 1180 g/mol. The third kappa shape index (κ3) is 21.0. The van der Waals surface area contributed by atoms with Gasteiger partial charge in [0.05, 0.1) is 0 Å². The van der Waals surface area contributed by atoms with Gasteiger partial charge in [0.25, 0.3) is 0 Å². The highest BCUT2D eigenvalue weighted by atomic mass is 16.6. The van der Waals surface area contributed by atoms with E-state index in [1.54, 1.807) is 185 Å². The van der Waals surface area contributed by atoms with Gasteiger partial charge in [-0.3, -0.25) is 15.4 Å². The van der Waals surface area contributed by atoms with E-state index >= 15 is 4.79 Å². The van der Waals surface area contributed by atoms with E-state index < -0.39 is 89.9 Å². The average Bonchev–Trinajstić information content (AvgIpc) is 1.76. The second kappa shape index (κ2) is 30.9. The van der Waals surface area contributed by atoms with Gasteiger partial charge >= 0.3 is 36.6 Å². The van der Waals surface area contributed by atoms with Crippen molar-refractivity contribution < 1.29 is 67.1 Å². The third-order valence-electron chi connectivity index (χ3n) is 13.5. The average molecular weight is 1180 g/mol. The van der Waals surface area contributed by atoms with Crippen LogP contribution in [0.2, 0.25) is 0 Å². The van der Waals surface area contributed by atoms with Gasteiger partial charge < -0.3 is 59.3 Å². The maximum absolute atomic E-state index is 15.1. The van der Waals surface area contributed by atoms with Gasteiger partial charge in [0.1, 0.15) is 49.8 Å². The van der Waals surface area contributed by atoms with E-state index in [1.165, 1.54) is 0 Å². The Balaban J connectivity index is 1.32. The summed E-state index contributed by atoms with van der Waals surface area (Å²) in [6.45, 7) is 9.16. The lowest BCUT2D eigenvalue weighted by atomic mass is 9.79. The quantitative estimate of drug-likeness (QED) is 0.0324. The van der Waals surface area contributed by atoms with Crippen LogP contribution < -0.4 is 26.6 Å². The Morgan fingerprint density at radius 1 is 0.535 bits per heavy atom. The molecule has 6 atom stereocenters. The van der Waals surface area contributed by atoms with Crippen LogP contribution in [0, 0.1) is 5.92 Å². The Kier molecular flexibility index (Phi) is 23.0. The summed E-state index contributed by atoms with van der Waals surface area (Å²) in [4.78, 5) is 110. The van der Waals surface area contributed by atoms with E-state index in [4.69, 9.17) is 28.4 Å². The smallest absolute Gasteiger partial charge is 0.437 e. The molecule has 0 spiro atoms. The van der Waals surface area contributed by atoms with Crippen LogP contribution in [0.4, 0.5) is 28.8 Å². The first-order valence-electron chi connectivity index (χ1n) is 28.2.